The SMILES string of the molecule is Cc1nn(CCO)c(C)c1S(=O)(=O)Cl. The van der Waals surface area contributed by atoms with Crippen molar-refractivity contribution in [3.63, 3.8) is 0 Å². The third-order valence-corrected chi connectivity index (χ3v) is 3.41. The largest absolute Gasteiger partial charge is 0.394 e. The van der Waals surface area contributed by atoms with Crippen LogP contribution in [0.15, 0.2) is 4.90 Å². The van der Waals surface area contributed by atoms with Crippen LogP contribution in [0.4, 0.5) is 0 Å². The van der Waals surface area contributed by atoms with Crippen LogP contribution in [-0.4, -0.2) is 29.9 Å². The van der Waals surface area contributed by atoms with Crippen molar-refractivity contribution >= 4 is 19.7 Å². The van der Waals surface area contributed by atoms with Gasteiger partial charge >= 0.3 is 0 Å². The molecule has 0 fully saturated rings. The Morgan fingerprint density at radius 2 is 2.07 bits per heavy atom. The molecule has 0 saturated heterocycles. The Balaban J connectivity index is 3.32. The lowest BCUT2D eigenvalue weighted by Crippen LogP contribution is -2.06. The van der Waals surface area contributed by atoms with Crippen LogP contribution in [0.3, 0.4) is 0 Å². The van der Waals surface area contributed by atoms with Crippen LogP contribution in [-0.2, 0) is 15.6 Å². The molecule has 0 aliphatic heterocycles. The van der Waals surface area contributed by atoms with Gasteiger partial charge < -0.3 is 5.11 Å². The Bertz CT molecular complexity index is 438. The van der Waals surface area contributed by atoms with E-state index in [4.69, 9.17) is 15.8 Å². The fourth-order valence-electron chi connectivity index (χ4n) is 1.35. The van der Waals surface area contributed by atoms with Gasteiger partial charge in [0.15, 0.2) is 0 Å². The fourth-order valence-corrected chi connectivity index (χ4v) is 2.87. The molecule has 0 amide bonds. The van der Waals surface area contributed by atoms with E-state index < -0.39 is 9.05 Å². The van der Waals surface area contributed by atoms with E-state index in [1.807, 2.05) is 0 Å². The third kappa shape index (κ3) is 2.08. The zero-order valence-electron chi connectivity index (χ0n) is 7.86. The highest BCUT2D eigenvalue weighted by Gasteiger charge is 2.21. The first-order chi connectivity index (χ1) is 6.38. The molecule has 1 N–H and O–H groups in total. The van der Waals surface area contributed by atoms with Gasteiger partial charge in [0.2, 0.25) is 0 Å². The highest BCUT2D eigenvalue weighted by molar-refractivity contribution is 8.13. The molecule has 0 spiro atoms. The predicted octanol–water partition coefficient (Wildman–Crippen LogP) is 0.420. The number of aliphatic hydroxyl groups is 1. The zero-order valence-corrected chi connectivity index (χ0v) is 9.43. The summed E-state index contributed by atoms with van der Waals surface area (Å²) in [6.07, 6.45) is 0. The van der Waals surface area contributed by atoms with E-state index in [9.17, 15) is 8.42 Å². The molecule has 0 atom stereocenters. The second-order valence-electron chi connectivity index (χ2n) is 2.88. The van der Waals surface area contributed by atoms with Crippen molar-refractivity contribution in [3.05, 3.63) is 11.4 Å². The van der Waals surface area contributed by atoms with E-state index in [0.717, 1.165) is 0 Å². The number of hydrogen-bond acceptors (Lipinski definition) is 4. The quantitative estimate of drug-likeness (QED) is 0.775. The van der Waals surface area contributed by atoms with Crippen molar-refractivity contribution in [2.45, 2.75) is 25.3 Å². The molecule has 0 aromatic carbocycles. The average molecular weight is 239 g/mol. The molecule has 0 aliphatic carbocycles. The van der Waals surface area contributed by atoms with Gasteiger partial charge in [-0.15, -0.1) is 0 Å². The fraction of sp³-hybridized carbons (Fsp3) is 0.571. The molecule has 5 nitrogen and oxygen atoms in total. The number of nitrogens with zero attached hydrogens (tertiary/aromatic N) is 2. The van der Waals surface area contributed by atoms with E-state index in [1.54, 1.807) is 13.8 Å². The maximum atomic E-state index is 11.1. The van der Waals surface area contributed by atoms with Crippen molar-refractivity contribution < 1.29 is 13.5 Å². The first-order valence-electron chi connectivity index (χ1n) is 3.97. The molecule has 0 saturated carbocycles. The standard InChI is InChI=1S/C7H11ClN2O3S/c1-5-7(14(8,12)13)6(2)10(9-5)3-4-11/h11H,3-4H2,1-2H3. The Kier molecular flexibility index (Phi) is 3.18. The smallest absolute Gasteiger partial charge is 0.264 e. The minimum atomic E-state index is -3.75. The summed E-state index contributed by atoms with van der Waals surface area (Å²) in [7, 11) is 1.48. The van der Waals surface area contributed by atoms with Crippen LogP contribution >= 0.6 is 10.7 Å². The number of hydrogen-bond donors (Lipinski definition) is 1. The number of aliphatic hydroxyl groups excluding tert-OH is 1. The number of aryl methyl sites for hydroxylation is 1. The summed E-state index contributed by atoms with van der Waals surface area (Å²) in [5.41, 5.74) is 0.803. The van der Waals surface area contributed by atoms with E-state index in [0.29, 0.717) is 11.4 Å². The van der Waals surface area contributed by atoms with Gasteiger partial charge in [-0.1, -0.05) is 0 Å². The second kappa shape index (κ2) is 3.88. The zero-order chi connectivity index (χ0) is 10.9. The molecule has 1 rings (SSSR count). The Labute approximate surface area is 86.7 Å². The van der Waals surface area contributed by atoms with Gasteiger partial charge in [-0.25, -0.2) is 8.42 Å². The number of aromatic nitrogens is 2. The lowest BCUT2D eigenvalue weighted by Gasteiger charge is -2.00. The summed E-state index contributed by atoms with van der Waals surface area (Å²) in [6.45, 7) is 3.34. The Hall–Kier alpha value is -0.590. The summed E-state index contributed by atoms with van der Waals surface area (Å²) in [4.78, 5) is 0.0348. The van der Waals surface area contributed by atoms with Crippen LogP contribution in [0.5, 0.6) is 0 Å². The minimum Gasteiger partial charge on any atom is -0.394 e. The molecule has 14 heavy (non-hydrogen) atoms. The molecule has 1 aromatic rings. The molecule has 1 aromatic heterocycles. The van der Waals surface area contributed by atoms with Crippen LogP contribution in [0.1, 0.15) is 11.4 Å². The Morgan fingerprint density at radius 3 is 2.43 bits per heavy atom. The molecule has 1 heterocycles. The van der Waals surface area contributed by atoms with E-state index in [1.165, 1.54) is 4.68 Å². The van der Waals surface area contributed by atoms with Crippen molar-refractivity contribution in [1.29, 1.82) is 0 Å². The molecule has 80 valence electrons. The van der Waals surface area contributed by atoms with Crippen molar-refractivity contribution in [3.8, 4) is 0 Å². The summed E-state index contributed by atoms with van der Waals surface area (Å²) in [5.74, 6) is 0. The Morgan fingerprint density at radius 1 is 1.50 bits per heavy atom. The van der Waals surface area contributed by atoms with E-state index in [2.05, 4.69) is 5.10 Å². The molecular formula is C7H11ClN2O3S. The van der Waals surface area contributed by atoms with Gasteiger partial charge in [0.05, 0.1) is 24.5 Å². The first-order valence-corrected chi connectivity index (χ1v) is 6.28. The predicted molar refractivity (Wildman–Crippen MR) is 51.8 cm³/mol. The third-order valence-electron chi connectivity index (χ3n) is 1.87. The van der Waals surface area contributed by atoms with Gasteiger partial charge in [0, 0.05) is 10.7 Å². The molecule has 0 unspecified atom stereocenters. The maximum absolute atomic E-state index is 11.1. The highest BCUT2D eigenvalue weighted by atomic mass is 35.7. The van der Waals surface area contributed by atoms with E-state index in [-0.39, 0.29) is 18.0 Å². The monoisotopic (exact) mass is 238 g/mol. The van der Waals surface area contributed by atoms with Gasteiger partial charge in [-0.05, 0) is 13.8 Å². The van der Waals surface area contributed by atoms with Crippen molar-refractivity contribution in [1.82, 2.24) is 9.78 Å². The summed E-state index contributed by atoms with van der Waals surface area (Å²) >= 11 is 0. The lowest BCUT2D eigenvalue weighted by molar-refractivity contribution is 0.267. The normalized spacial score (nSPS) is 12.0. The minimum absolute atomic E-state index is 0.0348. The lowest BCUT2D eigenvalue weighted by atomic mass is 10.4. The first kappa shape index (κ1) is 11.5. The van der Waals surface area contributed by atoms with Gasteiger partial charge in [-0.2, -0.15) is 5.10 Å². The van der Waals surface area contributed by atoms with Gasteiger partial charge in [0.1, 0.15) is 4.90 Å². The van der Waals surface area contributed by atoms with Crippen molar-refractivity contribution in [2.24, 2.45) is 0 Å². The molecule has 0 radical (unpaired) electrons. The van der Waals surface area contributed by atoms with E-state index >= 15 is 0 Å². The second-order valence-corrected chi connectivity index (χ2v) is 5.39. The molecular weight excluding hydrogens is 228 g/mol. The highest BCUT2D eigenvalue weighted by Crippen LogP contribution is 2.22. The number of halogens is 1. The van der Waals surface area contributed by atoms with Gasteiger partial charge in [-0.3, -0.25) is 4.68 Å². The van der Waals surface area contributed by atoms with Crippen molar-refractivity contribution in [2.75, 3.05) is 6.61 Å². The van der Waals surface area contributed by atoms with Crippen LogP contribution in [0, 0.1) is 13.8 Å². The van der Waals surface area contributed by atoms with Crippen LogP contribution < -0.4 is 0 Å². The van der Waals surface area contributed by atoms with Crippen LogP contribution in [0.25, 0.3) is 0 Å². The molecule has 0 aliphatic rings. The molecule has 0 bridgehead atoms. The summed E-state index contributed by atoms with van der Waals surface area (Å²) < 4.78 is 23.7. The summed E-state index contributed by atoms with van der Waals surface area (Å²) in [5, 5.41) is 12.7. The molecule has 7 heteroatoms. The number of rotatable bonds is 3. The maximum Gasteiger partial charge on any atom is 0.264 e. The van der Waals surface area contributed by atoms with Crippen LogP contribution in [0.2, 0.25) is 0 Å². The summed E-state index contributed by atoms with van der Waals surface area (Å²) in [6, 6.07) is 0. The topological polar surface area (TPSA) is 72.2 Å². The van der Waals surface area contributed by atoms with Gasteiger partial charge in [0.25, 0.3) is 9.05 Å². The average Bonchev–Trinajstić information content (AvgIpc) is 2.26.